The Morgan fingerprint density at radius 3 is 2.48 bits per heavy atom. The number of hydrogen-bond donors (Lipinski definition) is 0. The van der Waals surface area contributed by atoms with E-state index in [0.29, 0.717) is 11.6 Å². The Hall–Kier alpha value is -1.22. The van der Waals surface area contributed by atoms with E-state index in [1.165, 1.54) is 0 Å². The summed E-state index contributed by atoms with van der Waals surface area (Å²) in [6.45, 7) is 2.52. The third-order valence-electron chi connectivity index (χ3n) is 3.40. The van der Waals surface area contributed by atoms with E-state index in [4.69, 9.17) is 34.8 Å². The summed E-state index contributed by atoms with van der Waals surface area (Å²) in [5.74, 6) is 0.791. The maximum Gasteiger partial charge on any atom is 0.128 e. The molecular formula is C16H13Cl3N2. The molecule has 0 saturated carbocycles. The topological polar surface area (TPSA) is 17.8 Å². The van der Waals surface area contributed by atoms with Gasteiger partial charge >= 0.3 is 0 Å². The Balaban J connectivity index is 2.19. The molecule has 1 heterocycles. The first kappa shape index (κ1) is 14.7. The second-order valence-corrected chi connectivity index (χ2v) is 6.34. The minimum Gasteiger partial charge on any atom is -0.322 e. The Bertz CT molecular complexity index is 793. The zero-order valence-electron chi connectivity index (χ0n) is 11.4. The lowest BCUT2D eigenvalue weighted by molar-refractivity contribution is 0.743. The third kappa shape index (κ3) is 2.76. The number of para-hydroxylation sites is 1. The number of alkyl halides is 1. The summed E-state index contributed by atoms with van der Waals surface area (Å²) in [5.41, 5.74) is 2.76. The van der Waals surface area contributed by atoms with Crippen molar-refractivity contribution >= 4 is 45.8 Å². The van der Waals surface area contributed by atoms with Gasteiger partial charge in [-0.3, -0.25) is 0 Å². The summed E-state index contributed by atoms with van der Waals surface area (Å²) in [5, 5.41) is 1.15. The first-order valence-corrected chi connectivity index (χ1v) is 7.79. The fourth-order valence-corrected chi connectivity index (χ4v) is 2.97. The van der Waals surface area contributed by atoms with Crippen LogP contribution in [0.15, 0.2) is 42.5 Å². The van der Waals surface area contributed by atoms with Crippen molar-refractivity contribution in [2.45, 2.75) is 18.8 Å². The van der Waals surface area contributed by atoms with Crippen molar-refractivity contribution in [1.29, 1.82) is 0 Å². The van der Waals surface area contributed by atoms with E-state index in [0.717, 1.165) is 27.4 Å². The van der Waals surface area contributed by atoms with Crippen molar-refractivity contribution in [2.24, 2.45) is 0 Å². The molecule has 0 spiro atoms. The summed E-state index contributed by atoms with van der Waals surface area (Å²) < 4.78 is 2.07. The highest BCUT2D eigenvalue weighted by atomic mass is 35.5. The van der Waals surface area contributed by atoms with Crippen LogP contribution in [-0.2, 0) is 6.54 Å². The maximum absolute atomic E-state index is 6.28. The van der Waals surface area contributed by atoms with Crippen LogP contribution in [0.2, 0.25) is 10.0 Å². The lowest BCUT2D eigenvalue weighted by Gasteiger charge is -2.11. The molecule has 21 heavy (non-hydrogen) atoms. The monoisotopic (exact) mass is 338 g/mol. The molecule has 5 heteroatoms. The van der Waals surface area contributed by atoms with Crippen LogP contribution < -0.4 is 0 Å². The van der Waals surface area contributed by atoms with Crippen LogP contribution >= 0.6 is 34.8 Å². The van der Waals surface area contributed by atoms with Gasteiger partial charge in [-0.15, -0.1) is 11.6 Å². The molecule has 0 saturated heterocycles. The molecule has 2 aromatic carbocycles. The average Bonchev–Trinajstić information content (AvgIpc) is 2.82. The number of fused-ring (bicyclic) bond motifs is 1. The van der Waals surface area contributed by atoms with E-state index in [1.54, 1.807) is 0 Å². The summed E-state index contributed by atoms with van der Waals surface area (Å²) in [7, 11) is 0. The molecule has 3 rings (SSSR count). The molecule has 1 aromatic heterocycles. The minimum atomic E-state index is -0.212. The molecule has 0 bridgehead atoms. The van der Waals surface area contributed by atoms with Gasteiger partial charge in [0, 0.05) is 5.02 Å². The van der Waals surface area contributed by atoms with Gasteiger partial charge in [0.05, 0.1) is 22.5 Å². The minimum absolute atomic E-state index is 0.212. The van der Waals surface area contributed by atoms with Crippen LogP contribution in [-0.4, -0.2) is 9.55 Å². The predicted octanol–water partition coefficient (Wildman–Crippen LogP) is 5.69. The number of imidazole rings is 1. The van der Waals surface area contributed by atoms with Crippen molar-refractivity contribution in [1.82, 2.24) is 9.55 Å². The second-order valence-electron chi connectivity index (χ2n) is 4.87. The zero-order chi connectivity index (χ0) is 15.0. The van der Waals surface area contributed by atoms with Crippen molar-refractivity contribution in [3.05, 3.63) is 63.9 Å². The van der Waals surface area contributed by atoms with Crippen LogP contribution in [0.4, 0.5) is 0 Å². The molecule has 0 amide bonds. The number of hydrogen-bond acceptors (Lipinski definition) is 1. The zero-order valence-corrected chi connectivity index (χ0v) is 13.6. The Morgan fingerprint density at radius 1 is 1.05 bits per heavy atom. The van der Waals surface area contributed by atoms with Gasteiger partial charge in [-0.25, -0.2) is 4.98 Å². The van der Waals surface area contributed by atoms with Crippen molar-refractivity contribution in [2.75, 3.05) is 0 Å². The van der Waals surface area contributed by atoms with E-state index >= 15 is 0 Å². The fourth-order valence-electron chi connectivity index (χ4n) is 2.40. The van der Waals surface area contributed by atoms with Crippen LogP contribution in [0.1, 0.15) is 23.7 Å². The largest absolute Gasteiger partial charge is 0.322 e. The molecule has 2 nitrogen and oxygen atoms in total. The molecule has 3 aromatic rings. The van der Waals surface area contributed by atoms with Gasteiger partial charge in [-0.1, -0.05) is 47.5 Å². The van der Waals surface area contributed by atoms with E-state index in [1.807, 2.05) is 49.4 Å². The molecule has 0 N–H and O–H groups in total. The van der Waals surface area contributed by atoms with E-state index in [2.05, 4.69) is 9.55 Å². The van der Waals surface area contributed by atoms with Gasteiger partial charge in [-0.2, -0.15) is 0 Å². The fraction of sp³-hybridized carbons (Fsp3) is 0.188. The smallest absolute Gasteiger partial charge is 0.128 e. The van der Waals surface area contributed by atoms with Crippen molar-refractivity contribution in [3.63, 3.8) is 0 Å². The standard InChI is InChI=1S/C16H13Cl3N2/c1-10(17)16-20-15-13(19)7-4-8-14(15)21(16)9-11-5-2-3-6-12(11)18/h2-8,10H,9H2,1H3. The summed E-state index contributed by atoms with van der Waals surface area (Å²) in [6, 6.07) is 13.5. The van der Waals surface area contributed by atoms with E-state index in [9.17, 15) is 0 Å². The van der Waals surface area contributed by atoms with Gasteiger partial charge < -0.3 is 4.57 Å². The Morgan fingerprint density at radius 2 is 1.76 bits per heavy atom. The van der Waals surface area contributed by atoms with E-state index < -0.39 is 0 Å². The highest BCUT2D eigenvalue weighted by Gasteiger charge is 2.17. The molecule has 0 aliphatic rings. The third-order valence-corrected chi connectivity index (χ3v) is 4.27. The highest BCUT2D eigenvalue weighted by Crippen LogP contribution is 2.30. The summed E-state index contributed by atoms with van der Waals surface area (Å²) in [4.78, 5) is 4.59. The van der Waals surface area contributed by atoms with Crippen LogP contribution in [0, 0.1) is 0 Å². The molecule has 1 unspecified atom stereocenters. The molecule has 1 atom stereocenters. The van der Waals surface area contributed by atoms with Gasteiger partial charge in [0.25, 0.3) is 0 Å². The Labute approximate surface area is 138 Å². The van der Waals surface area contributed by atoms with E-state index in [-0.39, 0.29) is 5.38 Å². The van der Waals surface area contributed by atoms with Crippen molar-refractivity contribution in [3.8, 4) is 0 Å². The Kier molecular flexibility index (Phi) is 4.12. The lowest BCUT2D eigenvalue weighted by Crippen LogP contribution is -2.06. The number of benzene rings is 2. The summed E-state index contributed by atoms with van der Waals surface area (Å²) in [6.07, 6.45) is 0. The second kappa shape index (κ2) is 5.88. The molecule has 0 aliphatic heterocycles. The first-order valence-electron chi connectivity index (χ1n) is 6.60. The molecule has 0 radical (unpaired) electrons. The van der Waals surface area contributed by atoms with Crippen LogP contribution in [0.5, 0.6) is 0 Å². The number of halogens is 3. The maximum atomic E-state index is 6.28. The molecule has 108 valence electrons. The lowest BCUT2D eigenvalue weighted by atomic mass is 10.2. The SMILES string of the molecule is CC(Cl)c1nc2c(Cl)cccc2n1Cc1ccccc1Cl. The number of nitrogens with zero attached hydrogens (tertiary/aromatic N) is 2. The normalized spacial score (nSPS) is 12.8. The first-order chi connectivity index (χ1) is 10.1. The van der Waals surface area contributed by atoms with Gasteiger partial charge in [0.15, 0.2) is 0 Å². The number of aromatic nitrogens is 2. The summed E-state index contributed by atoms with van der Waals surface area (Å²) >= 11 is 18.8. The average molecular weight is 340 g/mol. The quantitative estimate of drug-likeness (QED) is 0.560. The molecule has 0 fully saturated rings. The van der Waals surface area contributed by atoms with Gasteiger partial charge in [0.1, 0.15) is 11.3 Å². The van der Waals surface area contributed by atoms with Gasteiger partial charge in [0.2, 0.25) is 0 Å². The molecular weight excluding hydrogens is 327 g/mol. The number of rotatable bonds is 3. The molecule has 0 aliphatic carbocycles. The van der Waals surface area contributed by atoms with Gasteiger partial charge in [-0.05, 0) is 30.7 Å². The van der Waals surface area contributed by atoms with Crippen LogP contribution in [0.3, 0.4) is 0 Å². The highest BCUT2D eigenvalue weighted by molar-refractivity contribution is 6.35. The van der Waals surface area contributed by atoms with Crippen molar-refractivity contribution < 1.29 is 0 Å². The predicted molar refractivity (Wildman–Crippen MR) is 89.6 cm³/mol. The van der Waals surface area contributed by atoms with Crippen LogP contribution in [0.25, 0.3) is 11.0 Å².